The third-order valence-corrected chi connectivity index (χ3v) is 4.37. The lowest BCUT2D eigenvalue weighted by molar-refractivity contribution is -0.127. The topological polar surface area (TPSA) is 71.8 Å². The van der Waals surface area contributed by atoms with Gasteiger partial charge in [0.05, 0.1) is 11.7 Å². The van der Waals surface area contributed by atoms with Gasteiger partial charge in [0.15, 0.2) is 0 Å². The van der Waals surface area contributed by atoms with E-state index in [1.54, 1.807) is 11.0 Å². The summed E-state index contributed by atoms with van der Waals surface area (Å²) in [7, 11) is 0. The molecule has 6 heteroatoms. The second kappa shape index (κ2) is 6.27. The third-order valence-electron chi connectivity index (χ3n) is 4.37. The Bertz CT molecular complexity index is 618. The van der Waals surface area contributed by atoms with Gasteiger partial charge in [-0.05, 0) is 43.6 Å². The number of carbonyl (C=O) groups excluding carboxylic acids is 1. The summed E-state index contributed by atoms with van der Waals surface area (Å²) in [6, 6.07) is 7.97. The van der Waals surface area contributed by atoms with E-state index in [0.29, 0.717) is 5.92 Å². The molecule has 2 aromatic rings. The van der Waals surface area contributed by atoms with Crippen LogP contribution in [0.15, 0.2) is 36.9 Å². The molecule has 0 spiro atoms. The van der Waals surface area contributed by atoms with E-state index in [1.807, 2.05) is 38.1 Å². The molecular formula is C16H21N5O. The van der Waals surface area contributed by atoms with Crippen molar-refractivity contribution in [1.29, 1.82) is 0 Å². The van der Waals surface area contributed by atoms with E-state index in [0.717, 1.165) is 24.3 Å². The third kappa shape index (κ3) is 3.01. The quantitative estimate of drug-likeness (QED) is 0.873. The molecule has 0 saturated carbocycles. The van der Waals surface area contributed by atoms with Crippen LogP contribution in [-0.4, -0.2) is 33.8 Å². The van der Waals surface area contributed by atoms with Gasteiger partial charge in [0.1, 0.15) is 12.7 Å². The van der Waals surface area contributed by atoms with Gasteiger partial charge in [0.25, 0.3) is 0 Å². The van der Waals surface area contributed by atoms with Crippen molar-refractivity contribution in [2.75, 3.05) is 13.1 Å². The highest BCUT2D eigenvalue weighted by Crippen LogP contribution is 2.19. The van der Waals surface area contributed by atoms with E-state index in [9.17, 15) is 4.79 Å². The van der Waals surface area contributed by atoms with Crippen molar-refractivity contribution in [1.82, 2.24) is 25.4 Å². The molecule has 2 atom stereocenters. The smallest absolute Gasteiger partial charge is 0.223 e. The molecular weight excluding hydrogens is 278 g/mol. The van der Waals surface area contributed by atoms with E-state index in [-0.39, 0.29) is 17.9 Å². The minimum Gasteiger partial charge on any atom is -0.349 e. The van der Waals surface area contributed by atoms with Gasteiger partial charge in [-0.15, -0.1) is 0 Å². The summed E-state index contributed by atoms with van der Waals surface area (Å²) in [6.07, 6.45) is 3.17. The SMILES string of the molecule is CC(NC(=O)C(C)C1CNC1)c1ccc(-n2cncn2)cc1. The van der Waals surface area contributed by atoms with Crippen LogP contribution in [0.4, 0.5) is 0 Å². The summed E-state index contributed by atoms with van der Waals surface area (Å²) < 4.78 is 1.71. The molecule has 1 amide bonds. The zero-order valence-electron chi connectivity index (χ0n) is 12.9. The zero-order valence-corrected chi connectivity index (χ0v) is 12.9. The van der Waals surface area contributed by atoms with Gasteiger partial charge in [0.2, 0.25) is 5.91 Å². The molecule has 2 N–H and O–H groups in total. The lowest BCUT2D eigenvalue weighted by Crippen LogP contribution is -2.49. The minimum absolute atomic E-state index is 0.00668. The minimum atomic E-state index is -0.00668. The van der Waals surface area contributed by atoms with Crippen molar-refractivity contribution >= 4 is 5.91 Å². The molecule has 2 heterocycles. The van der Waals surface area contributed by atoms with Crippen molar-refractivity contribution in [3.05, 3.63) is 42.5 Å². The Morgan fingerprint density at radius 2 is 2.05 bits per heavy atom. The van der Waals surface area contributed by atoms with Crippen LogP contribution in [-0.2, 0) is 4.79 Å². The Labute approximate surface area is 129 Å². The molecule has 116 valence electrons. The molecule has 0 bridgehead atoms. The molecule has 1 saturated heterocycles. The Hall–Kier alpha value is -2.21. The molecule has 0 radical (unpaired) electrons. The highest BCUT2D eigenvalue weighted by molar-refractivity contribution is 5.79. The molecule has 3 rings (SSSR count). The van der Waals surface area contributed by atoms with Crippen molar-refractivity contribution in [2.45, 2.75) is 19.9 Å². The highest BCUT2D eigenvalue weighted by atomic mass is 16.1. The van der Waals surface area contributed by atoms with Crippen molar-refractivity contribution in [2.24, 2.45) is 11.8 Å². The Morgan fingerprint density at radius 3 is 2.59 bits per heavy atom. The van der Waals surface area contributed by atoms with Gasteiger partial charge in [-0.2, -0.15) is 5.10 Å². The van der Waals surface area contributed by atoms with Crippen molar-refractivity contribution in [3.8, 4) is 5.69 Å². The molecule has 1 aliphatic heterocycles. The van der Waals surface area contributed by atoms with Gasteiger partial charge in [-0.1, -0.05) is 19.1 Å². The first-order valence-electron chi connectivity index (χ1n) is 7.61. The maximum absolute atomic E-state index is 12.3. The van der Waals surface area contributed by atoms with Crippen LogP contribution in [0, 0.1) is 11.8 Å². The van der Waals surface area contributed by atoms with E-state index >= 15 is 0 Å². The van der Waals surface area contributed by atoms with Gasteiger partial charge in [0, 0.05) is 5.92 Å². The van der Waals surface area contributed by atoms with Gasteiger partial charge in [-0.25, -0.2) is 9.67 Å². The van der Waals surface area contributed by atoms with Crippen LogP contribution in [0.2, 0.25) is 0 Å². The maximum Gasteiger partial charge on any atom is 0.223 e. The standard InChI is InChI=1S/C16H21N5O/c1-11(14-7-17-8-14)16(22)20-12(2)13-3-5-15(6-4-13)21-10-18-9-19-21/h3-6,9-12,14,17H,7-8H2,1-2H3,(H,20,22). The fourth-order valence-corrected chi connectivity index (χ4v) is 2.56. The van der Waals surface area contributed by atoms with E-state index in [2.05, 4.69) is 20.7 Å². The van der Waals surface area contributed by atoms with Gasteiger partial charge >= 0.3 is 0 Å². The number of nitrogens with one attached hydrogen (secondary N) is 2. The summed E-state index contributed by atoms with van der Waals surface area (Å²) in [5.74, 6) is 0.638. The van der Waals surface area contributed by atoms with Crippen molar-refractivity contribution < 1.29 is 4.79 Å². The predicted octanol–water partition coefficient (Wildman–Crippen LogP) is 1.30. The van der Waals surface area contributed by atoms with E-state index in [4.69, 9.17) is 0 Å². The average Bonchev–Trinajstić information content (AvgIpc) is 2.99. The van der Waals surface area contributed by atoms with Crippen LogP contribution >= 0.6 is 0 Å². The van der Waals surface area contributed by atoms with Crippen LogP contribution < -0.4 is 10.6 Å². The molecule has 2 unspecified atom stereocenters. The first-order valence-corrected chi connectivity index (χ1v) is 7.61. The highest BCUT2D eigenvalue weighted by Gasteiger charge is 2.29. The summed E-state index contributed by atoms with van der Waals surface area (Å²) in [5, 5.41) is 10.4. The first kappa shape index (κ1) is 14.7. The normalized spacial score (nSPS) is 17.5. The predicted molar refractivity (Wildman–Crippen MR) is 83.4 cm³/mol. The molecule has 1 fully saturated rings. The van der Waals surface area contributed by atoms with Crippen LogP contribution in [0.3, 0.4) is 0 Å². The summed E-state index contributed by atoms with van der Waals surface area (Å²) >= 11 is 0. The molecule has 0 aliphatic carbocycles. The second-order valence-corrected chi connectivity index (χ2v) is 5.87. The Morgan fingerprint density at radius 1 is 1.32 bits per heavy atom. The number of rotatable bonds is 5. The number of aromatic nitrogens is 3. The zero-order chi connectivity index (χ0) is 15.5. The lowest BCUT2D eigenvalue weighted by atomic mass is 9.88. The van der Waals surface area contributed by atoms with Crippen LogP contribution in [0.5, 0.6) is 0 Å². The Balaban J connectivity index is 1.62. The summed E-state index contributed by atoms with van der Waals surface area (Å²) in [5.41, 5.74) is 2.03. The fourth-order valence-electron chi connectivity index (χ4n) is 2.56. The van der Waals surface area contributed by atoms with E-state index < -0.39 is 0 Å². The monoisotopic (exact) mass is 299 g/mol. The van der Waals surface area contributed by atoms with Gasteiger partial charge < -0.3 is 10.6 Å². The second-order valence-electron chi connectivity index (χ2n) is 5.87. The molecule has 1 aromatic carbocycles. The molecule has 22 heavy (non-hydrogen) atoms. The fraction of sp³-hybridized carbons (Fsp3) is 0.438. The number of hydrogen-bond acceptors (Lipinski definition) is 4. The molecule has 1 aliphatic rings. The number of hydrogen-bond donors (Lipinski definition) is 2. The lowest BCUT2D eigenvalue weighted by Gasteiger charge is -2.32. The maximum atomic E-state index is 12.3. The number of benzene rings is 1. The van der Waals surface area contributed by atoms with Crippen molar-refractivity contribution in [3.63, 3.8) is 0 Å². The molecule has 6 nitrogen and oxygen atoms in total. The van der Waals surface area contributed by atoms with E-state index in [1.165, 1.54) is 6.33 Å². The van der Waals surface area contributed by atoms with Gasteiger partial charge in [-0.3, -0.25) is 4.79 Å². The largest absolute Gasteiger partial charge is 0.349 e. The molecule has 1 aromatic heterocycles. The number of carbonyl (C=O) groups is 1. The van der Waals surface area contributed by atoms with Crippen LogP contribution in [0.1, 0.15) is 25.5 Å². The number of nitrogens with zero attached hydrogens (tertiary/aromatic N) is 3. The Kier molecular flexibility index (Phi) is 4.20. The summed E-state index contributed by atoms with van der Waals surface area (Å²) in [6.45, 7) is 5.89. The number of amides is 1. The van der Waals surface area contributed by atoms with Crippen LogP contribution in [0.25, 0.3) is 5.69 Å². The summed E-state index contributed by atoms with van der Waals surface area (Å²) in [4.78, 5) is 16.2. The first-order chi connectivity index (χ1) is 10.6. The average molecular weight is 299 g/mol.